The normalized spacial score (nSPS) is 16.2. The Bertz CT molecular complexity index is 602. The Balaban J connectivity index is 1.76. The Morgan fingerprint density at radius 2 is 1.78 bits per heavy atom. The molecule has 0 saturated heterocycles. The third kappa shape index (κ3) is 5.65. The Morgan fingerprint density at radius 3 is 2.39 bits per heavy atom. The lowest BCUT2D eigenvalue weighted by Crippen LogP contribution is -2.13. The van der Waals surface area contributed by atoms with Gasteiger partial charge in [-0.2, -0.15) is 0 Å². The minimum atomic E-state index is -3.18. The van der Waals surface area contributed by atoms with E-state index in [0.717, 1.165) is 18.8 Å². The molecule has 1 aromatic rings. The SMILES string of the molecule is CCS(=O)(=O)c1ccc(NC(=O)CCCC2CCCCC2)cc1. The van der Waals surface area contributed by atoms with E-state index < -0.39 is 9.84 Å². The van der Waals surface area contributed by atoms with Gasteiger partial charge in [0.25, 0.3) is 0 Å². The molecule has 1 amide bonds. The number of carbonyl (C=O) groups is 1. The summed E-state index contributed by atoms with van der Waals surface area (Å²) in [6.45, 7) is 1.62. The fraction of sp³-hybridized carbons (Fsp3) is 0.611. The van der Waals surface area contributed by atoms with E-state index in [-0.39, 0.29) is 11.7 Å². The van der Waals surface area contributed by atoms with Crippen molar-refractivity contribution in [1.29, 1.82) is 0 Å². The molecule has 0 atom stereocenters. The molecule has 23 heavy (non-hydrogen) atoms. The van der Waals surface area contributed by atoms with E-state index in [4.69, 9.17) is 0 Å². The molecule has 0 unspecified atom stereocenters. The number of benzene rings is 1. The second kappa shape index (κ2) is 8.48. The molecule has 0 spiro atoms. The van der Waals surface area contributed by atoms with Crippen LogP contribution in [-0.2, 0) is 14.6 Å². The van der Waals surface area contributed by atoms with Crippen molar-refractivity contribution in [1.82, 2.24) is 0 Å². The van der Waals surface area contributed by atoms with Crippen molar-refractivity contribution < 1.29 is 13.2 Å². The van der Waals surface area contributed by atoms with E-state index in [1.807, 2.05) is 0 Å². The monoisotopic (exact) mass is 337 g/mol. The summed E-state index contributed by atoms with van der Waals surface area (Å²) in [5.41, 5.74) is 0.655. The fourth-order valence-electron chi connectivity index (χ4n) is 3.16. The number of hydrogen-bond acceptors (Lipinski definition) is 3. The molecular weight excluding hydrogens is 310 g/mol. The molecule has 0 aliphatic heterocycles. The number of rotatable bonds is 7. The molecule has 0 heterocycles. The Labute approximate surface area is 139 Å². The number of amides is 1. The predicted octanol–water partition coefficient (Wildman–Crippen LogP) is 4.17. The molecule has 4 nitrogen and oxygen atoms in total. The minimum Gasteiger partial charge on any atom is -0.326 e. The van der Waals surface area contributed by atoms with Crippen LogP contribution >= 0.6 is 0 Å². The number of nitrogens with one attached hydrogen (secondary N) is 1. The lowest BCUT2D eigenvalue weighted by atomic mass is 9.86. The van der Waals surface area contributed by atoms with Gasteiger partial charge in [0.1, 0.15) is 0 Å². The largest absolute Gasteiger partial charge is 0.326 e. The minimum absolute atomic E-state index is 0.00640. The van der Waals surface area contributed by atoms with Crippen molar-refractivity contribution in [3.05, 3.63) is 24.3 Å². The lowest BCUT2D eigenvalue weighted by Gasteiger charge is -2.21. The Kier molecular flexibility index (Phi) is 6.63. The molecule has 0 aromatic heterocycles. The first kappa shape index (κ1) is 18.0. The summed E-state index contributed by atoms with van der Waals surface area (Å²) in [6, 6.07) is 6.41. The number of carbonyl (C=O) groups excluding carboxylic acids is 1. The number of hydrogen-bond donors (Lipinski definition) is 1. The quantitative estimate of drug-likeness (QED) is 0.812. The molecule has 1 aliphatic rings. The van der Waals surface area contributed by atoms with Gasteiger partial charge in [0.2, 0.25) is 5.91 Å². The van der Waals surface area contributed by atoms with Gasteiger partial charge >= 0.3 is 0 Å². The van der Waals surface area contributed by atoms with Crippen LogP contribution in [-0.4, -0.2) is 20.1 Å². The van der Waals surface area contributed by atoms with Gasteiger partial charge in [-0.1, -0.05) is 39.0 Å². The summed E-state index contributed by atoms with van der Waals surface area (Å²) in [5, 5.41) is 2.84. The predicted molar refractivity (Wildman–Crippen MR) is 93.2 cm³/mol. The first-order valence-electron chi connectivity index (χ1n) is 8.64. The maximum absolute atomic E-state index is 12.0. The molecule has 0 radical (unpaired) electrons. The van der Waals surface area contributed by atoms with Crippen LogP contribution in [0.5, 0.6) is 0 Å². The zero-order valence-corrected chi connectivity index (χ0v) is 14.7. The number of sulfone groups is 1. The van der Waals surface area contributed by atoms with Crippen LogP contribution in [0.15, 0.2) is 29.2 Å². The van der Waals surface area contributed by atoms with Crippen molar-refractivity contribution in [3.8, 4) is 0 Å². The van der Waals surface area contributed by atoms with E-state index in [2.05, 4.69) is 5.32 Å². The zero-order valence-electron chi connectivity index (χ0n) is 13.9. The average Bonchev–Trinajstić information content (AvgIpc) is 2.56. The Hall–Kier alpha value is -1.36. The maximum Gasteiger partial charge on any atom is 0.224 e. The topological polar surface area (TPSA) is 63.2 Å². The number of anilines is 1. The highest BCUT2D eigenvalue weighted by Gasteiger charge is 2.14. The highest BCUT2D eigenvalue weighted by molar-refractivity contribution is 7.91. The van der Waals surface area contributed by atoms with E-state index in [0.29, 0.717) is 17.0 Å². The third-order valence-corrected chi connectivity index (χ3v) is 6.37. The van der Waals surface area contributed by atoms with Gasteiger partial charge in [0.15, 0.2) is 9.84 Å². The molecule has 1 aromatic carbocycles. The van der Waals surface area contributed by atoms with Gasteiger partial charge in [-0.15, -0.1) is 0 Å². The van der Waals surface area contributed by atoms with Crippen molar-refractivity contribution in [2.24, 2.45) is 5.92 Å². The standard InChI is InChI=1S/C18H27NO3S/c1-2-23(21,22)17-13-11-16(12-14-17)19-18(20)10-6-9-15-7-4-3-5-8-15/h11-15H,2-10H2,1H3,(H,19,20). The Morgan fingerprint density at radius 1 is 1.13 bits per heavy atom. The summed E-state index contributed by atoms with van der Waals surface area (Å²) in [7, 11) is -3.18. The first-order valence-corrected chi connectivity index (χ1v) is 10.3. The third-order valence-electron chi connectivity index (χ3n) is 4.62. The van der Waals surface area contributed by atoms with Crippen LogP contribution in [0.2, 0.25) is 0 Å². The van der Waals surface area contributed by atoms with Gasteiger partial charge in [0.05, 0.1) is 10.6 Å². The van der Waals surface area contributed by atoms with Crippen LogP contribution in [0.3, 0.4) is 0 Å². The molecule has 128 valence electrons. The van der Waals surface area contributed by atoms with Crippen LogP contribution in [0.1, 0.15) is 58.3 Å². The second-order valence-corrected chi connectivity index (χ2v) is 8.65. The molecule has 1 fully saturated rings. The van der Waals surface area contributed by atoms with Gasteiger partial charge < -0.3 is 5.32 Å². The van der Waals surface area contributed by atoms with Crippen molar-refractivity contribution in [2.45, 2.75) is 63.2 Å². The average molecular weight is 337 g/mol. The van der Waals surface area contributed by atoms with Gasteiger partial charge in [0, 0.05) is 12.1 Å². The molecular formula is C18H27NO3S. The lowest BCUT2D eigenvalue weighted by molar-refractivity contribution is -0.116. The van der Waals surface area contributed by atoms with E-state index >= 15 is 0 Å². The van der Waals surface area contributed by atoms with Crippen LogP contribution < -0.4 is 5.32 Å². The highest BCUT2D eigenvalue weighted by atomic mass is 32.2. The smallest absolute Gasteiger partial charge is 0.224 e. The summed E-state index contributed by atoms with van der Waals surface area (Å²) < 4.78 is 23.5. The van der Waals surface area contributed by atoms with Crippen LogP contribution in [0.25, 0.3) is 0 Å². The van der Waals surface area contributed by atoms with Gasteiger partial charge in [-0.25, -0.2) is 8.42 Å². The van der Waals surface area contributed by atoms with Crippen LogP contribution in [0.4, 0.5) is 5.69 Å². The molecule has 1 saturated carbocycles. The van der Waals surface area contributed by atoms with Crippen molar-refractivity contribution in [3.63, 3.8) is 0 Å². The molecule has 0 bridgehead atoms. The highest BCUT2D eigenvalue weighted by Crippen LogP contribution is 2.27. The summed E-state index contributed by atoms with van der Waals surface area (Å²) >= 11 is 0. The fourth-order valence-corrected chi connectivity index (χ4v) is 4.05. The summed E-state index contributed by atoms with van der Waals surface area (Å²) in [4.78, 5) is 12.3. The molecule has 5 heteroatoms. The maximum atomic E-state index is 12.0. The summed E-state index contributed by atoms with van der Waals surface area (Å²) in [5.74, 6) is 0.891. The second-order valence-electron chi connectivity index (χ2n) is 6.37. The summed E-state index contributed by atoms with van der Waals surface area (Å²) in [6.07, 6.45) is 9.27. The van der Waals surface area contributed by atoms with E-state index in [9.17, 15) is 13.2 Å². The van der Waals surface area contributed by atoms with Crippen molar-refractivity contribution in [2.75, 3.05) is 11.1 Å². The van der Waals surface area contributed by atoms with Crippen LogP contribution in [0, 0.1) is 5.92 Å². The van der Waals surface area contributed by atoms with E-state index in [1.165, 1.54) is 32.1 Å². The van der Waals surface area contributed by atoms with Gasteiger partial charge in [-0.05, 0) is 43.0 Å². The molecule has 1 N–H and O–H groups in total. The zero-order chi connectivity index (χ0) is 16.7. The molecule has 2 rings (SSSR count). The first-order chi connectivity index (χ1) is 11.0. The van der Waals surface area contributed by atoms with E-state index in [1.54, 1.807) is 31.2 Å². The van der Waals surface area contributed by atoms with Gasteiger partial charge in [-0.3, -0.25) is 4.79 Å². The molecule has 1 aliphatic carbocycles. The van der Waals surface area contributed by atoms with Crippen molar-refractivity contribution >= 4 is 21.4 Å².